The molecular formula is C16H29N3O3. The van der Waals surface area contributed by atoms with Crippen LogP contribution in [0.3, 0.4) is 0 Å². The first kappa shape index (κ1) is 17.2. The summed E-state index contributed by atoms with van der Waals surface area (Å²) in [5.41, 5.74) is -0.731. The van der Waals surface area contributed by atoms with Crippen LogP contribution in [0.15, 0.2) is 0 Å². The number of amides is 2. The predicted octanol–water partition coefficient (Wildman–Crippen LogP) is 0.710. The Kier molecular flexibility index (Phi) is 6.64. The van der Waals surface area contributed by atoms with E-state index in [1.54, 1.807) is 7.11 Å². The molecule has 0 aromatic rings. The van der Waals surface area contributed by atoms with Crippen LogP contribution in [-0.4, -0.2) is 50.2 Å². The highest BCUT2D eigenvalue weighted by Crippen LogP contribution is 2.22. The average molecular weight is 311 g/mol. The lowest BCUT2D eigenvalue weighted by Gasteiger charge is -2.34. The molecule has 0 bridgehead atoms. The lowest BCUT2D eigenvalue weighted by atomic mass is 9.91. The fraction of sp³-hybridized carbons (Fsp3) is 0.875. The number of ether oxygens (including phenoxy) is 1. The normalized spacial score (nSPS) is 22.0. The zero-order valence-corrected chi connectivity index (χ0v) is 13.6. The molecule has 2 aliphatic rings. The van der Waals surface area contributed by atoms with Crippen molar-refractivity contribution in [1.29, 1.82) is 0 Å². The quantitative estimate of drug-likeness (QED) is 0.675. The van der Waals surface area contributed by atoms with Gasteiger partial charge >= 0.3 is 0 Å². The Morgan fingerprint density at radius 1 is 1.18 bits per heavy atom. The van der Waals surface area contributed by atoms with Crippen molar-refractivity contribution in [3.63, 3.8) is 0 Å². The monoisotopic (exact) mass is 311 g/mol. The van der Waals surface area contributed by atoms with Gasteiger partial charge in [-0.15, -0.1) is 0 Å². The standard InChI is InChI=1S/C16H29N3O3/c1-22-16(8-11-17-12-9-16)15(21)18-10-7-14(20)19-13-5-3-2-4-6-13/h13,17H,2-12H2,1H3,(H,18,21)(H,19,20). The van der Waals surface area contributed by atoms with Crippen LogP contribution in [0.5, 0.6) is 0 Å². The summed E-state index contributed by atoms with van der Waals surface area (Å²) < 4.78 is 5.47. The second-order valence-corrected chi connectivity index (χ2v) is 6.36. The number of carbonyl (C=O) groups excluding carboxylic acids is 2. The van der Waals surface area contributed by atoms with E-state index < -0.39 is 5.60 Å². The van der Waals surface area contributed by atoms with Crippen molar-refractivity contribution in [2.45, 2.75) is 63.0 Å². The molecule has 0 spiro atoms. The SMILES string of the molecule is COC1(C(=O)NCCC(=O)NC2CCCCC2)CCNCC1. The Balaban J connectivity index is 1.68. The molecule has 0 atom stereocenters. The van der Waals surface area contributed by atoms with E-state index in [1.165, 1.54) is 19.3 Å². The minimum absolute atomic E-state index is 0.0315. The van der Waals surface area contributed by atoms with Crippen LogP contribution in [0.25, 0.3) is 0 Å². The zero-order chi connectivity index (χ0) is 15.8. The fourth-order valence-electron chi connectivity index (χ4n) is 3.35. The number of carbonyl (C=O) groups is 2. The summed E-state index contributed by atoms with van der Waals surface area (Å²) in [5.74, 6) is -0.0639. The van der Waals surface area contributed by atoms with E-state index in [1.807, 2.05) is 0 Å². The lowest BCUT2D eigenvalue weighted by molar-refractivity contribution is -0.146. The van der Waals surface area contributed by atoms with E-state index in [9.17, 15) is 9.59 Å². The molecule has 22 heavy (non-hydrogen) atoms. The van der Waals surface area contributed by atoms with Gasteiger partial charge in [0.2, 0.25) is 5.91 Å². The highest BCUT2D eigenvalue weighted by atomic mass is 16.5. The Labute approximate surface area is 132 Å². The van der Waals surface area contributed by atoms with Crippen LogP contribution in [0.2, 0.25) is 0 Å². The molecule has 0 aromatic heterocycles. The molecular weight excluding hydrogens is 282 g/mol. The molecule has 126 valence electrons. The first-order chi connectivity index (χ1) is 10.7. The Morgan fingerprint density at radius 3 is 2.50 bits per heavy atom. The third-order valence-electron chi connectivity index (χ3n) is 4.82. The summed E-state index contributed by atoms with van der Waals surface area (Å²) >= 11 is 0. The number of hydrogen-bond donors (Lipinski definition) is 3. The Hall–Kier alpha value is -1.14. The van der Waals surface area contributed by atoms with Gasteiger partial charge in [-0.2, -0.15) is 0 Å². The summed E-state index contributed by atoms with van der Waals surface area (Å²) in [5, 5.41) is 9.15. The number of piperidine rings is 1. The van der Waals surface area contributed by atoms with Gasteiger partial charge in [-0.3, -0.25) is 9.59 Å². The van der Waals surface area contributed by atoms with Gasteiger partial charge in [-0.05, 0) is 38.8 Å². The Morgan fingerprint density at radius 2 is 1.86 bits per heavy atom. The van der Waals surface area contributed by atoms with Crippen LogP contribution in [0, 0.1) is 0 Å². The summed E-state index contributed by atoms with van der Waals surface area (Å²) in [6.07, 6.45) is 7.51. The van der Waals surface area contributed by atoms with Gasteiger partial charge in [0, 0.05) is 26.1 Å². The number of nitrogens with one attached hydrogen (secondary N) is 3. The molecule has 6 heteroatoms. The summed E-state index contributed by atoms with van der Waals surface area (Å²) in [7, 11) is 1.58. The average Bonchev–Trinajstić information content (AvgIpc) is 2.56. The lowest BCUT2D eigenvalue weighted by Crippen LogP contribution is -2.54. The van der Waals surface area contributed by atoms with E-state index in [0.29, 0.717) is 31.8 Å². The molecule has 1 aliphatic carbocycles. The maximum Gasteiger partial charge on any atom is 0.252 e. The molecule has 0 unspecified atom stereocenters. The Bertz CT molecular complexity index is 375. The van der Waals surface area contributed by atoms with Crippen molar-refractivity contribution in [2.24, 2.45) is 0 Å². The molecule has 0 aromatic carbocycles. The van der Waals surface area contributed by atoms with E-state index in [0.717, 1.165) is 25.9 Å². The third kappa shape index (κ3) is 4.68. The molecule has 1 heterocycles. The molecule has 0 radical (unpaired) electrons. The molecule has 2 amide bonds. The van der Waals surface area contributed by atoms with Gasteiger partial charge in [0.05, 0.1) is 0 Å². The minimum Gasteiger partial charge on any atom is -0.368 e. The number of hydrogen-bond acceptors (Lipinski definition) is 4. The van der Waals surface area contributed by atoms with E-state index in [-0.39, 0.29) is 11.8 Å². The molecule has 3 N–H and O–H groups in total. The van der Waals surface area contributed by atoms with Crippen molar-refractivity contribution in [2.75, 3.05) is 26.7 Å². The van der Waals surface area contributed by atoms with Gasteiger partial charge in [0.15, 0.2) is 0 Å². The number of methoxy groups -OCH3 is 1. The van der Waals surface area contributed by atoms with Gasteiger partial charge in [-0.1, -0.05) is 19.3 Å². The van der Waals surface area contributed by atoms with Crippen LogP contribution in [-0.2, 0) is 14.3 Å². The molecule has 1 saturated carbocycles. The van der Waals surface area contributed by atoms with Crippen LogP contribution >= 0.6 is 0 Å². The summed E-state index contributed by atoms with van der Waals surface area (Å²) in [6.45, 7) is 1.93. The molecule has 1 saturated heterocycles. The van der Waals surface area contributed by atoms with Gasteiger partial charge < -0.3 is 20.7 Å². The number of rotatable bonds is 6. The summed E-state index contributed by atoms with van der Waals surface area (Å²) in [6, 6.07) is 0.326. The van der Waals surface area contributed by atoms with Gasteiger partial charge in [0.25, 0.3) is 5.91 Å². The maximum atomic E-state index is 12.3. The smallest absolute Gasteiger partial charge is 0.252 e. The topological polar surface area (TPSA) is 79.5 Å². The predicted molar refractivity (Wildman–Crippen MR) is 84.5 cm³/mol. The van der Waals surface area contributed by atoms with Crippen LogP contribution < -0.4 is 16.0 Å². The highest BCUT2D eigenvalue weighted by molar-refractivity contribution is 5.86. The van der Waals surface area contributed by atoms with E-state index in [4.69, 9.17) is 4.74 Å². The second-order valence-electron chi connectivity index (χ2n) is 6.36. The molecule has 6 nitrogen and oxygen atoms in total. The third-order valence-corrected chi connectivity index (χ3v) is 4.82. The zero-order valence-electron chi connectivity index (χ0n) is 13.6. The summed E-state index contributed by atoms with van der Waals surface area (Å²) in [4.78, 5) is 24.2. The van der Waals surface area contributed by atoms with Crippen molar-refractivity contribution in [1.82, 2.24) is 16.0 Å². The minimum atomic E-state index is -0.731. The molecule has 2 rings (SSSR count). The van der Waals surface area contributed by atoms with Crippen molar-refractivity contribution in [3.8, 4) is 0 Å². The second kappa shape index (κ2) is 8.48. The fourth-order valence-corrected chi connectivity index (χ4v) is 3.35. The van der Waals surface area contributed by atoms with Gasteiger partial charge in [-0.25, -0.2) is 0 Å². The first-order valence-corrected chi connectivity index (χ1v) is 8.50. The van der Waals surface area contributed by atoms with Crippen molar-refractivity contribution >= 4 is 11.8 Å². The highest BCUT2D eigenvalue weighted by Gasteiger charge is 2.39. The van der Waals surface area contributed by atoms with Crippen LogP contribution in [0.4, 0.5) is 0 Å². The van der Waals surface area contributed by atoms with Gasteiger partial charge in [0.1, 0.15) is 5.60 Å². The van der Waals surface area contributed by atoms with Crippen molar-refractivity contribution in [3.05, 3.63) is 0 Å². The molecule has 1 aliphatic heterocycles. The van der Waals surface area contributed by atoms with Crippen LogP contribution in [0.1, 0.15) is 51.4 Å². The van der Waals surface area contributed by atoms with Crippen molar-refractivity contribution < 1.29 is 14.3 Å². The first-order valence-electron chi connectivity index (χ1n) is 8.50. The van der Waals surface area contributed by atoms with E-state index >= 15 is 0 Å². The molecule has 2 fully saturated rings. The maximum absolute atomic E-state index is 12.3. The van der Waals surface area contributed by atoms with E-state index in [2.05, 4.69) is 16.0 Å². The largest absolute Gasteiger partial charge is 0.368 e.